The van der Waals surface area contributed by atoms with Crippen molar-refractivity contribution in [1.29, 1.82) is 0 Å². The van der Waals surface area contributed by atoms with Gasteiger partial charge in [0.25, 0.3) is 5.91 Å². The van der Waals surface area contributed by atoms with Gasteiger partial charge >= 0.3 is 5.97 Å². The smallest absolute Gasteiger partial charge is 0.319 e. The van der Waals surface area contributed by atoms with Crippen LogP contribution < -0.4 is 0 Å². The fourth-order valence-corrected chi connectivity index (χ4v) is 2.58. The van der Waals surface area contributed by atoms with Gasteiger partial charge in [-0.15, -0.1) is 11.8 Å². The molecule has 0 fully saturated rings. The van der Waals surface area contributed by atoms with Gasteiger partial charge < -0.3 is 10.0 Å². The van der Waals surface area contributed by atoms with Crippen molar-refractivity contribution in [3.05, 3.63) is 24.0 Å². The van der Waals surface area contributed by atoms with Crippen molar-refractivity contribution in [3.8, 4) is 0 Å². The number of aromatic nitrogens is 1. The minimum absolute atomic E-state index is 0.134. The number of rotatable bonds is 6. The highest BCUT2D eigenvalue weighted by Crippen LogP contribution is 2.32. The Hall–Kier alpha value is -1.56. The molecule has 20 heavy (non-hydrogen) atoms. The Balaban J connectivity index is 2.97. The number of carbonyl (C=O) groups excluding carboxylic acids is 1. The number of hydrogen-bond donors (Lipinski definition) is 1. The number of carboxylic acids is 1. The number of pyridine rings is 1. The molecule has 0 spiro atoms. The van der Waals surface area contributed by atoms with Crippen LogP contribution in [0.25, 0.3) is 0 Å². The molecule has 0 unspecified atom stereocenters. The number of aliphatic carboxylic acids is 1. The molecular weight excluding hydrogens is 276 g/mol. The van der Waals surface area contributed by atoms with E-state index in [0.29, 0.717) is 18.8 Å². The van der Waals surface area contributed by atoms with Gasteiger partial charge in [0.2, 0.25) is 0 Å². The average Bonchev–Trinajstić information content (AvgIpc) is 2.39. The summed E-state index contributed by atoms with van der Waals surface area (Å²) in [5.41, 5.74) is 0.347. The van der Waals surface area contributed by atoms with Gasteiger partial charge in [-0.25, -0.2) is 0 Å². The molecule has 0 aliphatic rings. The molecule has 0 atom stereocenters. The lowest BCUT2D eigenvalue weighted by atomic mass is 10.2. The lowest BCUT2D eigenvalue weighted by Crippen LogP contribution is -2.31. The van der Waals surface area contributed by atoms with E-state index in [9.17, 15) is 9.59 Å². The Labute approximate surface area is 123 Å². The average molecular weight is 296 g/mol. The Morgan fingerprint density at radius 3 is 2.45 bits per heavy atom. The molecule has 1 heterocycles. The molecule has 1 aromatic rings. The summed E-state index contributed by atoms with van der Waals surface area (Å²) in [4.78, 5) is 29.8. The zero-order chi connectivity index (χ0) is 15.3. The normalized spacial score (nSPS) is 11.2. The molecule has 0 saturated carbocycles. The summed E-state index contributed by atoms with van der Waals surface area (Å²) in [6.07, 6.45) is 1.54. The Kier molecular flexibility index (Phi) is 5.56. The first-order valence-corrected chi connectivity index (χ1v) is 7.31. The molecular formula is C14H20N2O3S. The van der Waals surface area contributed by atoms with E-state index in [2.05, 4.69) is 4.98 Å². The summed E-state index contributed by atoms with van der Waals surface area (Å²) in [6, 6.07) is 3.37. The summed E-state index contributed by atoms with van der Waals surface area (Å²) >= 11 is 1.20. The second-order valence-corrected chi connectivity index (χ2v) is 6.47. The number of carbonyl (C=O) groups is 2. The summed E-state index contributed by atoms with van der Waals surface area (Å²) in [5, 5.41) is 9.13. The molecule has 6 heteroatoms. The Bertz CT molecular complexity index is 499. The van der Waals surface area contributed by atoms with Crippen molar-refractivity contribution in [2.24, 2.45) is 0 Å². The highest BCUT2D eigenvalue weighted by molar-refractivity contribution is 8.01. The third-order valence-electron chi connectivity index (χ3n) is 2.89. The van der Waals surface area contributed by atoms with Gasteiger partial charge in [0, 0.05) is 24.2 Å². The molecule has 0 bridgehead atoms. The van der Waals surface area contributed by atoms with Gasteiger partial charge in [-0.05, 0) is 39.8 Å². The topological polar surface area (TPSA) is 70.5 Å². The first kappa shape index (κ1) is 16.5. The fourth-order valence-electron chi connectivity index (χ4n) is 1.60. The second kappa shape index (κ2) is 6.74. The van der Waals surface area contributed by atoms with Crippen LogP contribution in [-0.2, 0) is 4.79 Å². The molecule has 0 aromatic carbocycles. The van der Waals surface area contributed by atoms with Gasteiger partial charge in [0.1, 0.15) is 10.4 Å². The third-order valence-corrected chi connectivity index (χ3v) is 4.06. The summed E-state index contributed by atoms with van der Waals surface area (Å²) in [7, 11) is 0. The van der Waals surface area contributed by atoms with Crippen molar-refractivity contribution in [1.82, 2.24) is 9.88 Å². The zero-order valence-electron chi connectivity index (χ0n) is 12.2. The molecule has 1 aromatic heterocycles. The lowest BCUT2D eigenvalue weighted by molar-refractivity contribution is -0.138. The van der Waals surface area contributed by atoms with Crippen LogP contribution in [0.2, 0.25) is 0 Å². The second-order valence-electron chi connectivity index (χ2n) is 4.77. The minimum Gasteiger partial charge on any atom is -0.480 e. The highest BCUT2D eigenvalue weighted by atomic mass is 32.2. The van der Waals surface area contributed by atoms with Gasteiger partial charge in [-0.2, -0.15) is 0 Å². The van der Waals surface area contributed by atoms with E-state index in [1.165, 1.54) is 18.0 Å². The number of thioether (sulfide) groups is 1. The van der Waals surface area contributed by atoms with Gasteiger partial charge in [-0.1, -0.05) is 0 Å². The first-order chi connectivity index (χ1) is 9.31. The lowest BCUT2D eigenvalue weighted by Gasteiger charge is -2.20. The first-order valence-electron chi connectivity index (χ1n) is 6.49. The highest BCUT2D eigenvalue weighted by Gasteiger charge is 2.28. The van der Waals surface area contributed by atoms with Crippen molar-refractivity contribution in [2.45, 2.75) is 37.3 Å². The summed E-state index contributed by atoms with van der Waals surface area (Å²) < 4.78 is -0.948. The van der Waals surface area contributed by atoms with Crippen LogP contribution in [-0.4, -0.2) is 44.7 Å². The van der Waals surface area contributed by atoms with E-state index < -0.39 is 10.7 Å². The van der Waals surface area contributed by atoms with E-state index in [0.717, 1.165) is 4.90 Å². The van der Waals surface area contributed by atoms with Gasteiger partial charge in [-0.3, -0.25) is 14.6 Å². The van der Waals surface area contributed by atoms with Gasteiger partial charge in [0.05, 0.1) is 0 Å². The van der Waals surface area contributed by atoms with E-state index in [1.54, 1.807) is 30.9 Å². The number of carboxylic acid groups (broad SMARTS) is 1. The number of nitrogens with zero attached hydrogens (tertiary/aromatic N) is 2. The third kappa shape index (κ3) is 3.96. The predicted octanol–water partition coefficient (Wildman–Crippen LogP) is 2.52. The summed E-state index contributed by atoms with van der Waals surface area (Å²) in [5.74, 6) is -1.03. The molecule has 1 rings (SSSR count). The predicted molar refractivity (Wildman–Crippen MR) is 79.1 cm³/mol. The monoisotopic (exact) mass is 296 g/mol. The van der Waals surface area contributed by atoms with Gasteiger partial charge in [0.15, 0.2) is 0 Å². The maximum Gasteiger partial charge on any atom is 0.319 e. The molecule has 0 aliphatic heterocycles. The van der Waals surface area contributed by atoms with Crippen molar-refractivity contribution in [3.63, 3.8) is 0 Å². The Morgan fingerprint density at radius 1 is 1.35 bits per heavy atom. The fraction of sp³-hybridized carbons (Fsp3) is 0.500. The van der Waals surface area contributed by atoms with Crippen LogP contribution in [0, 0.1) is 0 Å². The SMILES string of the molecule is CCN(CC)C(=O)c1cc(SC(C)(C)C(=O)O)ccn1. The minimum atomic E-state index is -0.948. The van der Waals surface area contributed by atoms with Crippen LogP contribution in [0.3, 0.4) is 0 Å². The van der Waals surface area contributed by atoms with E-state index in [1.807, 2.05) is 13.8 Å². The molecule has 1 amide bonds. The quantitative estimate of drug-likeness (QED) is 0.817. The molecule has 1 N–H and O–H groups in total. The molecule has 110 valence electrons. The van der Waals surface area contributed by atoms with E-state index in [4.69, 9.17) is 5.11 Å². The molecule has 0 radical (unpaired) electrons. The summed E-state index contributed by atoms with van der Waals surface area (Å²) in [6.45, 7) is 8.32. The van der Waals surface area contributed by atoms with E-state index >= 15 is 0 Å². The van der Waals surface area contributed by atoms with Crippen molar-refractivity contribution in [2.75, 3.05) is 13.1 Å². The van der Waals surface area contributed by atoms with Crippen LogP contribution in [0.4, 0.5) is 0 Å². The van der Waals surface area contributed by atoms with Crippen molar-refractivity contribution >= 4 is 23.6 Å². The number of amides is 1. The standard InChI is InChI=1S/C14H20N2O3S/c1-5-16(6-2)12(17)11-9-10(7-8-15-11)20-14(3,4)13(18)19/h7-9H,5-6H2,1-4H3,(H,18,19). The van der Waals surface area contributed by atoms with Crippen molar-refractivity contribution < 1.29 is 14.7 Å². The maximum atomic E-state index is 12.2. The number of hydrogen-bond acceptors (Lipinski definition) is 4. The molecule has 0 aliphatic carbocycles. The Morgan fingerprint density at radius 2 is 1.95 bits per heavy atom. The maximum absolute atomic E-state index is 12.2. The zero-order valence-corrected chi connectivity index (χ0v) is 13.0. The van der Waals surface area contributed by atoms with Crippen LogP contribution in [0.15, 0.2) is 23.2 Å². The van der Waals surface area contributed by atoms with E-state index in [-0.39, 0.29) is 5.91 Å². The molecule has 5 nitrogen and oxygen atoms in total. The largest absolute Gasteiger partial charge is 0.480 e. The van der Waals surface area contributed by atoms with Crippen LogP contribution in [0.5, 0.6) is 0 Å². The van der Waals surface area contributed by atoms with Crippen LogP contribution >= 0.6 is 11.8 Å². The molecule has 0 saturated heterocycles. The van der Waals surface area contributed by atoms with Crippen LogP contribution in [0.1, 0.15) is 38.2 Å².